The summed E-state index contributed by atoms with van der Waals surface area (Å²) in [6, 6.07) is 10.1. The number of nitrogens with two attached hydrogens (primary N) is 2. The van der Waals surface area contributed by atoms with E-state index in [0.29, 0.717) is 5.17 Å². The van der Waals surface area contributed by atoms with Crippen LogP contribution >= 0.6 is 11.8 Å². The van der Waals surface area contributed by atoms with Crippen molar-refractivity contribution in [2.75, 3.05) is 0 Å². The molecule has 4 heteroatoms. The summed E-state index contributed by atoms with van der Waals surface area (Å²) >= 11 is 1.46. The summed E-state index contributed by atoms with van der Waals surface area (Å²) in [6.07, 6.45) is 0. The van der Waals surface area contributed by atoms with Crippen molar-refractivity contribution in [3.05, 3.63) is 42.5 Å². The van der Waals surface area contributed by atoms with Crippen molar-refractivity contribution in [3.8, 4) is 0 Å². The van der Waals surface area contributed by atoms with Crippen LogP contribution in [0.1, 0.15) is 5.56 Å². The van der Waals surface area contributed by atoms with Gasteiger partial charge in [0.25, 0.3) is 5.17 Å². The van der Waals surface area contributed by atoms with Crippen LogP contribution in [0.25, 0.3) is 0 Å². The van der Waals surface area contributed by atoms with Gasteiger partial charge in [0.2, 0.25) is 0 Å². The molecule has 0 heterocycles. The van der Waals surface area contributed by atoms with Crippen molar-refractivity contribution in [2.24, 2.45) is 5.73 Å². The molecule has 3 nitrogen and oxygen atoms in total. The quantitative estimate of drug-likeness (QED) is 0.397. The molecule has 0 spiro atoms. The molecule has 0 saturated carbocycles. The van der Waals surface area contributed by atoms with Crippen molar-refractivity contribution >= 4 is 16.9 Å². The van der Waals surface area contributed by atoms with Gasteiger partial charge in [0.15, 0.2) is 0 Å². The third-order valence-electron chi connectivity index (χ3n) is 1.25. The van der Waals surface area contributed by atoms with E-state index in [9.17, 15) is 0 Å². The van der Waals surface area contributed by atoms with Gasteiger partial charge in [-0.05, 0) is 17.3 Å². The van der Waals surface area contributed by atoms with Crippen molar-refractivity contribution < 1.29 is 5.41 Å². The van der Waals surface area contributed by atoms with E-state index in [1.807, 2.05) is 18.2 Å². The van der Waals surface area contributed by atoms with Gasteiger partial charge in [-0.3, -0.25) is 11.1 Å². The number of benzene rings is 1. The molecule has 0 aromatic heterocycles. The predicted octanol–water partition coefficient (Wildman–Crippen LogP) is 0.0900. The summed E-state index contributed by atoms with van der Waals surface area (Å²) < 4.78 is 0. The van der Waals surface area contributed by atoms with Crippen LogP contribution in [0.15, 0.2) is 30.3 Å². The van der Waals surface area contributed by atoms with E-state index < -0.39 is 0 Å². The maximum Gasteiger partial charge on any atom is 0.300 e. The van der Waals surface area contributed by atoms with Crippen molar-refractivity contribution in [1.29, 1.82) is 5.26 Å². The molecule has 0 aliphatic rings. The monoisotopic (exact) mass is 193 g/mol. The number of amidine groups is 1. The molecule has 0 aliphatic carbocycles. The number of hydrogen-bond acceptors (Lipinski definition) is 2. The second kappa shape index (κ2) is 7.19. The van der Waals surface area contributed by atoms with Gasteiger partial charge in [0, 0.05) is 5.75 Å². The van der Waals surface area contributed by atoms with Crippen LogP contribution in [-0.2, 0) is 5.75 Å². The summed E-state index contributed by atoms with van der Waals surface area (Å²) in [5.74, 6) is 0.850. The van der Waals surface area contributed by atoms with Crippen molar-refractivity contribution in [2.45, 2.75) is 5.75 Å². The Morgan fingerprint density at radius 1 is 1.38 bits per heavy atom. The molecule has 68 valence electrons. The Morgan fingerprint density at radius 2 is 1.92 bits per heavy atom. The van der Waals surface area contributed by atoms with Crippen LogP contribution < -0.4 is 11.1 Å². The zero-order valence-corrected chi connectivity index (χ0v) is 7.92. The van der Waals surface area contributed by atoms with Gasteiger partial charge in [0.1, 0.15) is 0 Å². The topological polar surface area (TPSA) is 75.4 Å². The van der Waals surface area contributed by atoms with E-state index in [4.69, 9.17) is 23.0 Å². The Hall–Kier alpha value is -1.47. The fourth-order valence-corrected chi connectivity index (χ4v) is 1.27. The van der Waals surface area contributed by atoms with E-state index in [1.54, 1.807) is 0 Å². The lowest BCUT2D eigenvalue weighted by molar-refractivity contribution is -0.110. The maximum absolute atomic E-state index is 6.25. The van der Waals surface area contributed by atoms with Gasteiger partial charge < -0.3 is 11.8 Å². The van der Waals surface area contributed by atoms with Gasteiger partial charge in [-0.25, -0.2) is 0 Å². The standard InChI is InChI=1S/C8H10N2S.CN/c9-8(10)11-6-7-4-2-1-3-5-7;1-2/h1-5H,6H2,(H3,9,10);/q;-1/p+1. The minimum Gasteiger partial charge on any atom is -0.512 e. The Morgan fingerprint density at radius 3 is 2.38 bits per heavy atom. The molecule has 0 unspecified atom stereocenters. The molecule has 1 rings (SSSR count). The highest BCUT2D eigenvalue weighted by molar-refractivity contribution is 8.12. The van der Waals surface area contributed by atoms with Crippen LogP contribution in [0, 0.1) is 11.8 Å². The Balaban J connectivity index is 0.000000671. The summed E-state index contributed by atoms with van der Waals surface area (Å²) in [4.78, 5) is 0. The fraction of sp³-hybridized carbons (Fsp3) is 0.111. The molecule has 1 aromatic rings. The molecule has 0 radical (unpaired) electrons. The first-order valence-corrected chi connectivity index (χ1v) is 4.54. The van der Waals surface area contributed by atoms with Crippen LogP contribution in [-0.4, -0.2) is 5.17 Å². The second-order valence-electron chi connectivity index (χ2n) is 2.18. The zero-order valence-electron chi connectivity index (χ0n) is 7.10. The lowest BCUT2D eigenvalue weighted by Crippen LogP contribution is -2.43. The summed E-state index contributed by atoms with van der Waals surface area (Å²) in [6.45, 7) is 4.75. The molecule has 0 aliphatic heterocycles. The van der Waals surface area contributed by atoms with Crippen LogP contribution in [0.2, 0.25) is 0 Å². The molecule has 13 heavy (non-hydrogen) atoms. The number of hydrogen-bond donors (Lipinski definition) is 2. The smallest absolute Gasteiger partial charge is 0.300 e. The maximum atomic E-state index is 6.25. The van der Waals surface area contributed by atoms with Gasteiger partial charge in [-0.1, -0.05) is 30.3 Å². The Kier molecular flexibility index (Phi) is 6.38. The molecular formula is C9H11N3S. The molecule has 0 bridgehead atoms. The van der Waals surface area contributed by atoms with E-state index >= 15 is 0 Å². The third kappa shape index (κ3) is 5.76. The Bertz CT molecular complexity index is 269. The van der Waals surface area contributed by atoms with Crippen molar-refractivity contribution in [1.82, 2.24) is 0 Å². The largest absolute Gasteiger partial charge is 0.512 e. The summed E-state index contributed by atoms with van der Waals surface area (Å²) in [7, 11) is 0. The highest BCUT2D eigenvalue weighted by Crippen LogP contribution is 2.08. The van der Waals surface area contributed by atoms with Crippen molar-refractivity contribution in [3.63, 3.8) is 0 Å². The second-order valence-corrected chi connectivity index (χ2v) is 3.23. The first-order valence-electron chi connectivity index (χ1n) is 3.56. The molecule has 0 saturated heterocycles. The SMILES string of the molecule is NC(=[NH2+])SCc1ccccc1.[C-]#N. The highest BCUT2D eigenvalue weighted by atomic mass is 32.2. The van der Waals surface area contributed by atoms with E-state index in [-0.39, 0.29) is 0 Å². The molecule has 0 atom stereocenters. The average Bonchev–Trinajstić information content (AvgIpc) is 2.19. The normalized spacial score (nSPS) is 8.15. The minimum absolute atomic E-state index is 0.425. The summed E-state index contributed by atoms with van der Waals surface area (Å²) in [5, 5.41) is 12.0. The average molecular weight is 193 g/mol. The van der Waals surface area contributed by atoms with Crippen LogP contribution in [0.5, 0.6) is 0 Å². The van der Waals surface area contributed by atoms with Gasteiger partial charge in [0.05, 0.1) is 0 Å². The summed E-state index contributed by atoms with van der Waals surface area (Å²) in [5.41, 5.74) is 6.54. The Labute approximate surface area is 82.1 Å². The molecule has 0 amide bonds. The predicted molar refractivity (Wildman–Crippen MR) is 53.8 cm³/mol. The molecule has 4 N–H and O–H groups in total. The number of nitrogens with zero attached hydrogens (tertiary/aromatic N) is 1. The zero-order chi connectivity index (χ0) is 10.1. The molecule has 0 fully saturated rings. The highest BCUT2D eigenvalue weighted by Gasteiger charge is 1.96. The minimum atomic E-state index is 0.425. The first-order chi connectivity index (χ1) is 6.29. The van der Waals surface area contributed by atoms with E-state index in [1.165, 1.54) is 17.3 Å². The van der Waals surface area contributed by atoms with Gasteiger partial charge in [-0.15, -0.1) is 0 Å². The van der Waals surface area contributed by atoms with Crippen LogP contribution in [0.4, 0.5) is 0 Å². The molecular weight excluding hydrogens is 182 g/mol. The van der Waals surface area contributed by atoms with Gasteiger partial charge >= 0.3 is 0 Å². The molecule has 1 aromatic carbocycles. The number of thioether (sulfide) groups is 1. The lowest BCUT2D eigenvalue weighted by atomic mass is 10.2. The van der Waals surface area contributed by atoms with Crippen LogP contribution in [0.3, 0.4) is 0 Å². The fourth-order valence-electron chi connectivity index (χ4n) is 0.741. The lowest BCUT2D eigenvalue weighted by Gasteiger charge is -1.94. The van der Waals surface area contributed by atoms with E-state index in [2.05, 4.69) is 12.1 Å². The van der Waals surface area contributed by atoms with Gasteiger partial charge in [-0.2, -0.15) is 0 Å². The number of rotatable bonds is 2. The van der Waals surface area contributed by atoms with E-state index in [0.717, 1.165) is 5.75 Å². The third-order valence-corrected chi connectivity index (χ3v) is 2.06. The first kappa shape index (κ1) is 11.5.